The van der Waals surface area contributed by atoms with Crippen molar-refractivity contribution in [2.75, 3.05) is 11.4 Å². The van der Waals surface area contributed by atoms with Crippen molar-refractivity contribution in [3.8, 4) is 11.4 Å². The molecule has 0 radical (unpaired) electrons. The largest absolute Gasteiger partial charge is 0.475 e. The summed E-state index contributed by atoms with van der Waals surface area (Å²) in [7, 11) is 0. The topological polar surface area (TPSA) is 84.1 Å². The van der Waals surface area contributed by atoms with Crippen LogP contribution in [-0.2, 0) is 12.7 Å². The molecular formula is C29H30F3N5O2. The van der Waals surface area contributed by atoms with Gasteiger partial charge in [-0.1, -0.05) is 49.7 Å². The van der Waals surface area contributed by atoms with Crippen LogP contribution in [0.5, 0.6) is 0 Å². The monoisotopic (exact) mass is 537 g/mol. The molecule has 4 aromatic rings. The van der Waals surface area contributed by atoms with Crippen molar-refractivity contribution in [3.05, 3.63) is 71.0 Å². The molecule has 0 spiro atoms. The molecule has 2 aromatic heterocycles. The predicted molar refractivity (Wildman–Crippen MR) is 143 cm³/mol. The molecule has 10 heteroatoms. The van der Waals surface area contributed by atoms with Gasteiger partial charge in [0.05, 0.1) is 5.56 Å². The highest BCUT2D eigenvalue weighted by atomic mass is 19.4. The fourth-order valence-electron chi connectivity index (χ4n) is 5.36. The number of carboxylic acid groups (broad SMARTS) is 1. The molecule has 1 saturated heterocycles. The van der Waals surface area contributed by atoms with Crippen LogP contribution in [0.3, 0.4) is 0 Å². The third-order valence-electron chi connectivity index (χ3n) is 7.07. The van der Waals surface area contributed by atoms with E-state index in [0.29, 0.717) is 35.2 Å². The number of aryl methyl sites for hydroxylation is 1. The molecule has 0 saturated carbocycles. The fourth-order valence-corrected chi connectivity index (χ4v) is 5.36. The summed E-state index contributed by atoms with van der Waals surface area (Å²) >= 11 is 0. The first-order chi connectivity index (χ1) is 18.5. The zero-order valence-corrected chi connectivity index (χ0v) is 22.0. The molecule has 39 heavy (non-hydrogen) atoms. The number of nitrogens with zero attached hydrogens (tertiary/aromatic N) is 5. The molecule has 1 N–H and O–H groups in total. The summed E-state index contributed by atoms with van der Waals surface area (Å²) in [6, 6.07) is 13.0. The summed E-state index contributed by atoms with van der Waals surface area (Å²) in [5.41, 5.74) is 2.55. The van der Waals surface area contributed by atoms with Crippen molar-refractivity contribution in [2.24, 2.45) is 5.92 Å². The fraction of sp³-hybridized carbons (Fsp3) is 0.379. The predicted octanol–water partition coefficient (Wildman–Crippen LogP) is 6.58. The number of benzene rings is 2. The van der Waals surface area contributed by atoms with Crippen LogP contribution in [0.15, 0.2) is 48.5 Å². The number of fused-ring (bicyclic) bond motifs is 1. The SMILES string of the molecule is Cc1cccc(-c2nc3nc(C(=O)O)nc(N4CCCC4CC(C)C)c3n2Cc2ccc(C(F)(F)F)cc2)c1. The van der Waals surface area contributed by atoms with Crippen molar-refractivity contribution in [1.29, 1.82) is 0 Å². The Bertz CT molecular complexity index is 1510. The van der Waals surface area contributed by atoms with Crippen molar-refractivity contribution < 1.29 is 23.1 Å². The Balaban J connectivity index is 1.73. The zero-order chi connectivity index (χ0) is 27.9. The van der Waals surface area contributed by atoms with E-state index in [1.54, 1.807) is 0 Å². The second-order valence-electron chi connectivity index (χ2n) is 10.6. The van der Waals surface area contributed by atoms with E-state index >= 15 is 0 Å². The van der Waals surface area contributed by atoms with Crippen LogP contribution in [0.4, 0.5) is 19.0 Å². The highest BCUT2D eigenvalue weighted by Crippen LogP contribution is 2.36. The van der Waals surface area contributed by atoms with Crippen molar-refractivity contribution in [1.82, 2.24) is 19.5 Å². The van der Waals surface area contributed by atoms with Crippen molar-refractivity contribution >= 4 is 23.0 Å². The Morgan fingerprint density at radius 2 is 1.85 bits per heavy atom. The van der Waals surface area contributed by atoms with Gasteiger partial charge in [-0.15, -0.1) is 0 Å². The van der Waals surface area contributed by atoms with Gasteiger partial charge < -0.3 is 14.6 Å². The molecule has 1 atom stereocenters. The van der Waals surface area contributed by atoms with Crippen LogP contribution < -0.4 is 4.90 Å². The number of carboxylic acids is 1. The summed E-state index contributed by atoms with van der Waals surface area (Å²) in [5, 5.41) is 9.81. The molecule has 1 unspecified atom stereocenters. The molecule has 2 aromatic carbocycles. The van der Waals surface area contributed by atoms with Gasteiger partial charge in [0, 0.05) is 24.7 Å². The summed E-state index contributed by atoms with van der Waals surface area (Å²) in [4.78, 5) is 27.8. The maximum absolute atomic E-state index is 13.2. The average molecular weight is 538 g/mol. The zero-order valence-electron chi connectivity index (χ0n) is 22.0. The number of aromatic nitrogens is 4. The van der Waals surface area contributed by atoms with E-state index in [-0.39, 0.29) is 24.1 Å². The first kappa shape index (κ1) is 26.6. The first-order valence-corrected chi connectivity index (χ1v) is 13.0. The lowest BCUT2D eigenvalue weighted by atomic mass is 10.0. The number of alkyl halides is 3. The summed E-state index contributed by atoms with van der Waals surface area (Å²) in [6.07, 6.45) is -1.60. The summed E-state index contributed by atoms with van der Waals surface area (Å²) in [5.74, 6) is -0.0910. The van der Waals surface area contributed by atoms with Crippen LogP contribution in [-0.4, -0.2) is 43.2 Å². The maximum Gasteiger partial charge on any atom is 0.416 e. The normalized spacial score (nSPS) is 16.0. The highest BCUT2D eigenvalue weighted by molar-refractivity contribution is 5.92. The molecule has 1 fully saturated rings. The lowest BCUT2D eigenvalue weighted by Crippen LogP contribution is -2.32. The van der Waals surface area contributed by atoms with Crippen molar-refractivity contribution in [3.63, 3.8) is 0 Å². The molecule has 3 heterocycles. The molecule has 7 nitrogen and oxygen atoms in total. The smallest absolute Gasteiger partial charge is 0.416 e. The Morgan fingerprint density at radius 3 is 2.49 bits per heavy atom. The Hall–Kier alpha value is -3.95. The van der Waals surface area contributed by atoms with E-state index < -0.39 is 17.7 Å². The van der Waals surface area contributed by atoms with Gasteiger partial charge in [-0.3, -0.25) is 0 Å². The average Bonchev–Trinajstić information content (AvgIpc) is 3.47. The number of halogens is 3. The molecule has 0 aliphatic carbocycles. The van der Waals surface area contributed by atoms with Gasteiger partial charge in [-0.05, 0) is 55.9 Å². The molecule has 1 aliphatic heterocycles. The maximum atomic E-state index is 13.2. The van der Waals surface area contributed by atoms with Gasteiger partial charge in [0.15, 0.2) is 11.5 Å². The molecular weight excluding hydrogens is 507 g/mol. The summed E-state index contributed by atoms with van der Waals surface area (Å²) in [6.45, 7) is 7.19. The van der Waals surface area contributed by atoms with Gasteiger partial charge in [0.25, 0.3) is 0 Å². The molecule has 1 aliphatic rings. The lowest BCUT2D eigenvalue weighted by molar-refractivity contribution is -0.137. The van der Waals surface area contributed by atoms with Crippen LogP contribution in [0.25, 0.3) is 22.6 Å². The standard InChI is InChI=1S/C29H30F3N5O2/c1-17(2)14-22-8-5-13-36(22)27-23-24(33-25(35-27)28(38)39)34-26(20-7-4-6-18(3)15-20)37(23)16-19-9-11-21(12-10-19)29(30,31)32/h4,6-7,9-12,15,17,22H,5,8,13-14,16H2,1-3H3,(H,38,39). The van der Waals surface area contributed by atoms with Gasteiger partial charge in [-0.2, -0.15) is 13.2 Å². The number of anilines is 1. The van der Waals surface area contributed by atoms with Crippen molar-refractivity contribution in [2.45, 2.75) is 58.8 Å². The quantitative estimate of drug-likeness (QED) is 0.287. The first-order valence-electron chi connectivity index (χ1n) is 13.0. The van der Waals surface area contributed by atoms with E-state index in [1.807, 2.05) is 35.8 Å². The Labute approximate surface area is 224 Å². The van der Waals surface area contributed by atoms with Gasteiger partial charge in [-0.25, -0.2) is 19.7 Å². The van der Waals surface area contributed by atoms with Gasteiger partial charge in [0.1, 0.15) is 11.3 Å². The minimum atomic E-state index is -4.43. The Kier molecular flexibility index (Phi) is 7.05. The van der Waals surface area contributed by atoms with E-state index in [1.165, 1.54) is 12.1 Å². The van der Waals surface area contributed by atoms with E-state index in [0.717, 1.165) is 42.5 Å². The van der Waals surface area contributed by atoms with Gasteiger partial charge in [0.2, 0.25) is 5.82 Å². The number of carbonyl (C=O) groups is 1. The molecule has 204 valence electrons. The second-order valence-corrected chi connectivity index (χ2v) is 10.6. The van der Waals surface area contributed by atoms with Crippen LogP contribution >= 0.6 is 0 Å². The Morgan fingerprint density at radius 1 is 1.10 bits per heavy atom. The lowest BCUT2D eigenvalue weighted by Gasteiger charge is -2.28. The van der Waals surface area contributed by atoms with E-state index in [4.69, 9.17) is 4.98 Å². The van der Waals surface area contributed by atoms with Crippen LogP contribution in [0, 0.1) is 12.8 Å². The number of rotatable bonds is 7. The number of hydrogen-bond acceptors (Lipinski definition) is 5. The third-order valence-corrected chi connectivity index (χ3v) is 7.07. The number of imidazole rings is 1. The molecule has 0 bridgehead atoms. The second kappa shape index (κ2) is 10.3. The molecule has 0 amide bonds. The molecule has 5 rings (SSSR count). The van der Waals surface area contributed by atoms with Crippen LogP contribution in [0.2, 0.25) is 0 Å². The summed E-state index contributed by atoms with van der Waals surface area (Å²) < 4.78 is 41.5. The minimum absolute atomic E-state index is 0.182. The van der Waals surface area contributed by atoms with E-state index in [9.17, 15) is 23.1 Å². The van der Waals surface area contributed by atoms with Gasteiger partial charge >= 0.3 is 12.1 Å². The highest BCUT2D eigenvalue weighted by Gasteiger charge is 2.32. The number of hydrogen-bond donors (Lipinski definition) is 1. The number of aromatic carboxylic acids is 1. The minimum Gasteiger partial charge on any atom is -0.475 e. The third kappa shape index (κ3) is 5.46. The van der Waals surface area contributed by atoms with E-state index in [2.05, 4.69) is 28.7 Å². The van der Waals surface area contributed by atoms with Crippen LogP contribution in [0.1, 0.15) is 60.4 Å².